The topological polar surface area (TPSA) is 46.6 Å². The molecule has 0 aliphatic rings. The van der Waals surface area contributed by atoms with Gasteiger partial charge in [0.1, 0.15) is 5.75 Å². The Labute approximate surface area is 116 Å². The summed E-state index contributed by atoms with van der Waals surface area (Å²) in [6, 6.07) is 6.42. The van der Waals surface area contributed by atoms with Crippen molar-refractivity contribution in [3.63, 3.8) is 0 Å². The van der Waals surface area contributed by atoms with Crippen LogP contribution in [0.1, 0.15) is 34.6 Å². The highest BCUT2D eigenvalue weighted by Crippen LogP contribution is 2.23. The molecule has 0 fully saturated rings. The second kappa shape index (κ2) is 6.39. The van der Waals surface area contributed by atoms with E-state index in [-0.39, 0.29) is 12.1 Å². The van der Waals surface area contributed by atoms with Gasteiger partial charge < -0.3 is 4.74 Å². The third-order valence-electron chi connectivity index (χ3n) is 2.73. The van der Waals surface area contributed by atoms with Gasteiger partial charge in [-0.25, -0.2) is 8.42 Å². The molecule has 1 aromatic carbocycles. The Balaban J connectivity index is 3.11. The molecule has 0 radical (unpaired) electrons. The summed E-state index contributed by atoms with van der Waals surface area (Å²) in [5.41, 5.74) is 0. The van der Waals surface area contributed by atoms with Gasteiger partial charge in [0.2, 0.25) is 10.0 Å². The number of benzene rings is 1. The lowest BCUT2D eigenvalue weighted by Gasteiger charge is -2.29. The van der Waals surface area contributed by atoms with E-state index in [1.807, 2.05) is 34.6 Å². The maximum atomic E-state index is 12.6. The van der Waals surface area contributed by atoms with Crippen LogP contribution < -0.4 is 4.74 Å². The van der Waals surface area contributed by atoms with Gasteiger partial charge in [-0.3, -0.25) is 0 Å². The first-order valence-corrected chi connectivity index (χ1v) is 8.01. The average Bonchev–Trinajstić information content (AvgIpc) is 2.28. The van der Waals surface area contributed by atoms with Crippen molar-refractivity contribution in [1.29, 1.82) is 0 Å². The number of hydrogen-bond donors (Lipinski definition) is 0. The summed E-state index contributed by atoms with van der Waals surface area (Å²) in [6.07, 6.45) is 0. The van der Waals surface area contributed by atoms with E-state index in [1.165, 1.54) is 4.31 Å². The summed E-state index contributed by atoms with van der Waals surface area (Å²) >= 11 is 0. The minimum atomic E-state index is -3.45. The first-order valence-electron chi connectivity index (χ1n) is 6.57. The molecular weight excluding hydrogens is 262 g/mol. The molecule has 5 heteroatoms. The molecule has 0 amide bonds. The summed E-state index contributed by atoms with van der Waals surface area (Å²) in [6.45, 7) is 9.98. The van der Waals surface area contributed by atoms with Gasteiger partial charge in [-0.2, -0.15) is 4.31 Å². The highest BCUT2D eigenvalue weighted by molar-refractivity contribution is 7.89. The molecular formula is C14H23NO3S. The molecule has 0 heterocycles. The Hall–Kier alpha value is -1.07. The maximum absolute atomic E-state index is 12.6. The third kappa shape index (κ3) is 3.70. The second-order valence-electron chi connectivity index (χ2n) is 4.93. The predicted molar refractivity (Wildman–Crippen MR) is 76.9 cm³/mol. The Kier molecular flexibility index (Phi) is 5.38. The van der Waals surface area contributed by atoms with Crippen molar-refractivity contribution in [3.8, 4) is 5.75 Å². The van der Waals surface area contributed by atoms with Gasteiger partial charge in [0, 0.05) is 12.1 Å². The number of nitrogens with zero attached hydrogens (tertiary/aromatic N) is 1. The fraction of sp³-hybridized carbons (Fsp3) is 0.571. The van der Waals surface area contributed by atoms with Crippen LogP contribution in [0, 0.1) is 0 Å². The minimum absolute atomic E-state index is 0.0726. The van der Waals surface area contributed by atoms with Crippen molar-refractivity contribution in [2.75, 3.05) is 6.61 Å². The minimum Gasteiger partial charge on any atom is -0.494 e. The first kappa shape index (κ1) is 16.0. The summed E-state index contributed by atoms with van der Waals surface area (Å²) in [4.78, 5) is 0.304. The van der Waals surface area contributed by atoms with E-state index >= 15 is 0 Å². The molecule has 19 heavy (non-hydrogen) atoms. The Bertz CT molecular complexity index is 484. The number of sulfonamides is 1. The zero-order valence-corrected chi connectivity index (χ0v) is 13.1. The largest absolute Gasteiger partial charge is 0.494 e. The van der Waals surface area contributed by atoms with E-state index in [4.69, 9.17) is 4.74 Å². The Morgan fingerprint density at radius 3 is 1.89 bits per heavy atom. The molecule has 0 aliphatic carbocycles. The van der Waals surface area contributed by atoms with Gasteiger partial charge in [-0.1, -0.05) is 0 Å². The molecule has 108 valence electrons. The van der Waals surface area contributed by atoms with Crippen molar-refractivity contribution in [1.82, 2.24) is 4.31 Å². The van der Waals surface area contributed by atoms with E-state index in [2.05, 4.69) is 0 Å². The fourth-order valence-electron chi connectivity index (χ4n) is 2.15. The van der Waals surface area contributed by atoms with Crippen LogP contribution in [0.25, 0.3) is 0 Å². The van der Waals surface area contributed by atoms with E-state index in [0.29, 0.717) is 17.3 Å². The van der Waals surface area contributed by atoms with Crippen molar-refractivity contribution < 1.29 is 13.2 Å². The van der Waals surface area contributed by atoms with Crippen molar-refractivity contribution in [2.45, 2.75) is 51.6 Å². The van der Waals surface area contributed by atoms with Crippen LogP contribution >= 0.6 is 0 Å². The summed E-state index contributed by atoms with van der Waals surface area (Å²) in [7, 11) is -3.45. The summed E-state index contributed by atoms with van der Waals surface area (Å²) in [5, 5.41) is 0. The predicted octanol–water partition coefficient (Wildman–Crippen LogP) is 2.89. The molecule has 0 N–H and O–H groups in total. The third-order valence-corrected chi connectivity index (χ3v) is 4.99. The molecule has 0 spiro atoms. The van der Waals surface area contributed by atoms with Crippen molar-refractivity contribution in [3.05, 3.63) is 24.3 Å². The highest BCUT2D eigenvalue weighted by atomic mass is 32.2. The number of rotatable bonds is 6. The Morgan fingerprint density at radius 1 is 1.05 bits per heavy atom. The van der Waals surface area contributed by atoms with Gasteiger partial charge in [-0.05, 0) is 58.9 Å². The van der Waals surface area contributed by atoms with Crippen LogP contribution in [0.2, 0.25) is 0 Å². The normalized spacial score (nSPS) is 12.4. The monoisotopic (exact) mass is 285 g/mol. The van der Waals surface area contributed by atoms with Crippen LogP contribution in [0.5, 0.6) is 5.75 Å². The lowest BCUT2D eigenvalue weighted by atomic mass is 10.3. The molecule has 0 aliphatic heterocycles. The SMILES string of the molecule is CCOc1ccc(S(=O)(=O)N(C(C)C)C(C)C)cc1. The van der Waals surface area contributed by atoms with Gasteiger partial charge in [0.15, 0.2) is 0 Å². The van der Waals surface area contributed by atoms with Crippen LogP contribution in [-0.4, -0.2) is 31.4 Å². The lowest BCUT2D eigenvalue weighted by Crippen LogP contribution is -2.41. The molecule has 0 bridgehead atoms. The number of hydrogen-bond acceptors (Lipinski definition) is 3. The van der Waals surface area contributed by atoms with Crippen LogP contribution in [0.3, 0.4) is 0 Å². The standard InChI is InChI=1S/C14H23NO3S/c1-6-18-13-7-9-14(10-8-13)19(16,17)15(11(2)3)12(4)5/h7-12H,6H2,1-5H3. The first-order chi connectivity index (χ1) is 8.80. The van der Waals surface area contributed by atoms with Gasteiger partial charge >= 0.3 is 0 Å². The van der Waals surface area contributed by atoms with Crippen LogP contribution in [0.15, 0.2) is 29.2 Å². The van der Waals surface area contributed by atoms with E-state index < -0.39 is 10.0 Å². The molecule has 0 atom stereocenters. The second-order valence-corrected chi connectivity index (χ2v) is 6.77. The van der Waals surface area contributed by atoms with E-state index in [9.17, 15) is 8.42 Å². The fourth-order valence-corrected chi connectivity index (χ4v) is 3.98. The average molecular weight is 285 g/mol. The van der Waals surface area contributed by atoms with Crippen LogP contribution in [0.4, 0.5) is 0 Å². The van der Waals surface area contributed by atoms with Crippen LogP contribution in [-0.2, 0) is 10.0 Å². The van der Waals surface area contributed by atoms with Crippen molar-refractivity contribution >= 4 is 10.0 Å². The maximum Gasteiger partial charge on any atom is 0.243 e. The van der Waals surface area contributed by atoms with Gasteiger partial charge in [-0.15, -0.1) is 0 Å². The molecule has 1 rings (SSSR count). The Morgan fingerprint density at radius 2 is 1.53 bits per heavy atom. The highest BCUT2D eigenvalue weighted by Gasteiger charge is 2.29. The summed E-state index contributed by atoms with van der Waals surface area (Å²) in [5.74, 6) is 0.682. The van der Waals surface area contributed by atoms with Gasteiger partial charge in [0.25, 0.3) is 0 Å². The smallest absolute Gasteiger partial charge is 0.243 e. The lowest BCUT2D eigenvalue weighted by molar-refractivity contribution is 0.302. The molecule has 0 saturated carbocycles. The number of ether oxygens (including phenoxy) is 1. The molecule has 4 nitrogen and oxygen atoms in total. The van der Waals surface area contributed by atoms with E-state index in [0.717, 1.165) is 0 Å². The molecule has 1 aromatic rings. The zero-order valence-electron chi connectivity index (χ0n) is 12.3. The van der Waals surface area contributed by atoms with Crippen molar-refractivity contribution in [2.24, 2.45) is 0 Å². The molecule has 0 aromatic heterocycles. The molecule has 0 saturated heterocycles. The zero-order chi connectivity index (χ0) is 14.6. The quantitative estimate of drug-likeness (QED) is 0.807. The van der Waals surface area contributed by atoms with Gasteiger partial charge in [0.05, 0.1) is 11.5 Å². The summed E-state index contributed by atoms with van der Waals surface area (Å²) < 4.78 is 32.0. The van der Waals surface area contributed by atoms with E-state index in [1.54, 1.807) is 24.3 Å². The molecule has 0 unspecified atom stereocenters.